The summed E-state index contributed by atoms with van der Waals surface area (Å²) in [7, 11) is 0. The minimum absolute atomic E-state index is 0.978. The number of fused-ring (bicyclic) bond motifs is 3. The van der Waals surface area contributed by atoms with Crippen LogP contribution < -0.4 is 9.13 Å². The Morgan fingerprint density at radius 1 is 0.842 bits per heavy atom. The molecule has 3 rings (SSSR count). The number of nitrogens with zero attached hydrogens (tertiary/aromatic N) is 4. The molecule has 0 fully saturated rings. The van der Waals surface area contributed by atoms with Crippen molar-refractivity contribution in [3.05, 3.63) is 48.8 Å². The van der Waals surface area contributed by atoms with Gasteiger partial charge in [-0.25, -0.2) is 0 Å². The molecule has 2 aromatic rings. The summed E-state index contributed by atoms with van der Waals surface area (Å²) in [6.07, 6.45) is 3.77. The van der Waals surface area contributed by atoms with Crippen LogP contribution in [0.3, 0.4) is 0 Å². The van der Waals surface area contributed by atoms with Gasteiger partial charge in [0, 0.05) is 24.3 Å². The normalized spacial score (nSPS) is 13.7. The van der Waals surface area contributed by atoms with Gasteiger partial charge in [-0.3, -0.25) is 0 Å². The molecule has 0 N–H and O–H groups in total. The molecule has 0 saturated heterocycles. The lowest BCUT2D eigenvalue weighted by Crippen LogP contribution is -2.67. The van der Waals surface area contributed by atoms with E-state index >= 15 is 0 Å². The third-order valence-electron chi connectivity index (χ3n) is 3.02. The Balaban J connectivity index is 2.48. The van der Waals surface area contributed by atoms with Gasteiger partial charge in [0.15, 0.2) is 12.4 Å². The first-order chi connectivity index (χ1) is 9.33. The summed E-state index contributed by atoms with van der Waals surface area (Å²) in [6, 6.07) is 11.7. The molecule has 0 radical (unpaired) electrons. The third kappa shape index (κ3) is 1.59. The maximum absolute atomic E-state index is 4.77. The number of hydrogen-bond donors (Lipinski definition) is 0. The number of aromatic nitrogens is 2. The third-order valence-corrected chi connectivity index (χ3v) is 3.20. The predicted molar refractivity (Wildman–Crippen MR) is 75.7 cm³/mol. The van der Waals surface area contributed by atoms with Crippen molar-refractivity contribution in [2.75, 3.05) is 0 Å². The molecular weight excluding hydrogens is 276 g/mol. The smallest absolute Gasteiger partial charge is 0.0814 e. The summed E-state index contributed by atoms with van der Waals surface area (Å²) in [4.78, 5) is 8.44. The number of isothiocyanates is 2. The van der Waals surface area contributed by atoms with Gasteiger partial charge in [0.25, 0.3) is 11.4 Å². The van der Waals surface area contributed by atoms with E-state index in [1.807, 2.05) is 57.9 Å². The molecule has 0 aliphatic carbocycles. The highest BCUT2D eigenvalue weighted by molar-refractivity contribution is 7.78. The molecule has 4 nitrogen and oxygen atoms in total. The van der Waals surface area contributed by atoms with Crippen LogP contribution in [0.1, 0.15) is 0 Å². The largest absolute Gasteiger partial charge is 0.596 e. The number of aliphatic imine (C=N–C) groups is 2. The first kappa shape index (κ1) is 12.0. The van der Waals surface area contributed by atoms with E-state index < -0.39 is 5.91 Å². The van der Waals surface area contributed by atoms with Crippen molar-refractivity contribution >= 4 is 34.8 Å². The second-order valence-electron chi connectivity index (χ2n) is 3.92. The van der Waals surface area contributed by atoms with Crippen molar-refractivity contribution in [2.45, 2.75) is 5.91 Å². The topological polar surface area (TPSA) is 32.5 Å². The van der Waals surface area contributed by atoms with Crippen LogP contribution in [0.25, 0.3) is 11.4 Å². The first-order valence-electron chi connectivity index (χ1n) is 5.54. The lowest BCUT2D eigenvalue weighted by atomic mass is 10.2. The van der Waals surface area contributed by atoms with Crippen molar-refractivity contribution in [2.24, 2.45) is 9.98 Å². The van der Waals surface area contributed by atoms with E-state index in [4.69, 9.17) is 24.4 Å². The predicted octanol–water partition coefficient (Wildman–Crippen LogP) is 1.56. The van der Waals surface area contributed by atoms with Gasteiger partial charge in [-0.1, -0.05) is 19.1 Å². The van der Waals surface area contributed by atoms with E-state index in [1.165, 1.54) is 0 Å². The Morgan fingerprint density at radius 2 is 1.32 bits per heavy atom. The number of pyridine rings is 2. The molecule has 19 heavy (non-hydrogen) atoms. The van der Waals surface area contributed by atoms with Crippen LogP contribution in [0.4, 0.5) is 0 Å². The molecule has 2 aromatic heterocycles. The van der Waals surface area contributed by atoms with Crippen LogP contribution in [0.5, 0.6) is 0 Å². The lowest BCUT2D eigenvalue weighted by molar-refractivity contribution is -0.959. The Labute approximate surface area is 120 Å². The van der Waals surface area contributed by atoms with E-state index in [9.17, 15) is 0 Å². The van der Waals surface area contributed by atoms with Crippen molar-refractivity contribution in [3.8, 4) is 11.4 Å². The fourth-order valence-corrected chi connectivity index (χ4v) is 2.55. The summed E-state index contributed by atoms with van der Waals surface area (Å²) in [5.74, 6) is -1.09. The van der Waals surface area contributed by atoms with Crippen molar-refractivity contribution in [1.29, 1.82) is 0 Å². The van der Waals surface area contributed by atoms with Crippen molar-refractivity contribution in [3.63, 3.8) is 0 Å². The molecule has 0 saturated carbocycles. The molecule has 3 heterocycles. The molecule has 0 amide bonds. The van der Waals surface area contributed by atoms with Crippen LogP contribution >= 0.6 is 24.4 Å². The molecule has 1 aliphatic heterocycles. The summed E-state index contributed by atoms with van der Waals surface area (Å²) < 4.78 is 3.78. The van der Waals surface area contributed by atoms with Crippen molar-refractivity contribution < 1.29 is 9.13 Å². The van der Waals surface area contributed by atoms with Crippen LogP contribution in [0.15, 0.2) is 58.8 Å². The Hall–Kier alpha value is -2.10. The van der Waals surface area contributed by atoms with Crippen LogP contribution in [-0.2, 0) is 5.91 Å². The van der Waals surface area contributed by atoms with Crippen LogP contribution in [-0.4, -0.2) is 10.3 Å². The van der Waals surface area contributed by atoms with Gasteiger partial charge < -0.3 is 0 Å². The fraction of sp³-hybridized carbons (Fsp3) is 0.0769. The average molecular weight is 284 g/mol. The molecule has 0 unspecified atom stereocenters. The Morgan fingerprint density at radius 3 is 1.74 bits per heavy atom. The van der Waals surface area contributed by atoms with Gasteiger partial charge in [0.05, 0.1) is 10.3 Å². The maximum Gasteiger partial charge on any atom is 0.596 e. The van der Waals surface area contributed by atoms with Crippen molar-refractivity contribution in [1.82, 2.24) is 0 Å². The van der Waals surface area contributed by atoms with E-state index in [-0.39, 0.29) is 0 Å². The van der Waals surface area contributed by atoms with E-state index in [2.05, 4.69) is 20.3 Å². The fourth-order valence-electron chi connectivity index (χ4n) is 2.31. The average Bonchev–Trinajstić information content (AvgIpc) is 2.72. The zero-order valence-corrected chi connectivity index (χ0v) is 11.4. The second kappa shape index (κ2) is 4.53. The molecule has 90 valence electrons. The summed E-state index contributed by atoms with van der Waals surface area (Å²) >= 11 is 9.54. The molecule has 0 bridgehead atoms. The van der Waals surface area contributed by atoms with Gasteiger partial charge in [0.2, 0.25) is 0 Å². The van der Waals surface area contributed by atoms with E-state index in [1.54, 1.807) is 0 Å². The molecule has 6 heteroatoms. The van der Waals surface area contributed by atoms with E-state index in [0.29, 0.717) is 0 Å². The highest BCUT2D eigenvalue weighted by Crippen LogP contribution is 2.24. The highest BCUT2D eigenvalue weighted by Gasteiger charge is 2.60. The molecule has 1 aliphatic rings. The molecule has 0 atom stereocenters. The van der Waals surface area contributed by atoms with Crippen LogP contribution in [0.2, 0.25) is 0 Å². The minimum Gasteiger partial charge on any atom is -0.0814 e. The number of thiocarbonyl (C=S) groups is 2. The van der Waals surface area contributed by atoms with Crippen LogP contribution in [0, 0.1) is 0 Å². The number of hydrogen-bond acceptors (Lipinski definition) is 4. The molecular formula is C13H8N4S2+2. The summed E-state index contributed by atoms with van der Waals surface area (Å²) in [5.41, 5.74) is 1.96. The van der Waals surface area contributed by atoms with Gasteiger partial charge >= 0.3 is 5.91 Å². The first-order valence-corrected chi connectivity index (χ1v) is 6.36. The summed E-state index contributed by atoms with van der Waals surface area (Å²) in [6.45, 7) is 0. The number of rotatable bonds is 2. The van der Waals surface area contributed by atoms with Gasteiger partial charge in [-0.2, -0.15) is 0 Å². The maximum atomic E-state index is 4.77. The highest BCUT2D eigenvalue weighted by atomic mass is 32.1. The lowest BCUT2D eigenvalue weighted by Gasteiger charge is -2.05. The molecule has 0 aromatic carbocycles. The monoisotopic (exact) mass is 284 g/mol. The summed E-state index contributed by atoms with van der Waals surface area (Å²) in [5, 5.41) is 4.81. The Kier molecular flexibility index (Phi) is 2.85. The standard InChI is InChI=1S/C13H8N4S2/c18-9-14-13(15-10-19)16-7-3-1-5-11(16)12-6-2-4-8-17(12)13/h1-8H/q+2. The minimum atomic E-state index is -1.09. The SMILES string of the molecule is S=C=NC1(N=C=S)[n+]2ccccc2-c2cccc[n+]21. The zero-order chi connectivity index (χ0) is 13.3. The molecule has 0 spiro atoms. The van der Waals surface area contributed by atoms with Gasteiger partial charge in [0.1, 0.15) is 0 Å². The zero-order valence-electron chi connectivity index (χ0n) is 9.72. The Bertz CT molecular complexity index is 693. The van der Waals surface area contributed by atoms with Gasteiger partial charge in [-0.05, 0) is 36.6 Å². The second-order valence-corrected chi connectivity index (χ2v) is 4.28. The van der Waals surface area contributed by atoms with Gasteiger partial charge in [-0.15, -0.1) is 0 Å². The van der Waals surface area contributed by atoms with E-state index in [0.717, 1.165) is 11.4 Å². The quantitative estimate of drug-likeness (QED) is 0.476.